The molecule has 5 rings (SSSR count). The number of pyridine rings is 1. The van der Waals surface area contributed by atoms with Gasteiger partial charge in [0.15, 0.2) is 0 Å². The standard InChI is InChI=1S/C21H28F2N6O2S/c1-13-7-14-10-25-19(27-16-3-5-29(6-4-16)32(2,30)31)28-17(14)18(26-13)15-8-20(9-15)11-24-12-21(20,22)23/h7,10,15-16,24H,3-6,8-9,11-12H2,1-2H3,(H,25,27,28). The largest absolute Gasteiger partial charge is 0.351 e. The molecule has 8 nitrogen and oxygen atoms in total. The number of aromatic nitrogens is 3. The van der Waals surface area contributed by atoms with E-state index in [1.165, 1.54) is 10.6 Å². The van der Waals surface area contributed by atoms with E-state index < -0.39 is 21.4 Å². The van der Waals surface area contributed by atoms with Crippen molar-refractivity contribution < 1.29 is 17.2 Å². The van der Waals surface area contributed by atoms with Crippen molar-refractivity contribution in [2.75, 3.05) is 37.8 Å². The number of fused-ring (bicyclic) bond motifs is 1. The molecule has 0 atom stereocenters. The van der Waals surface area contributed by atoms with Crippen LogP contribution in [0.1, 0.15) is 43.0 Å². The average Bonchev–Trinajstić information content (AvgIpc) is 3.01. The summed E-state index contributed by atoms with van der Waals surface area (Å²) in [5.74, 6) is -2.28. The smallest absolute Gasteiger partial charge is 0.267 e. The van der Waals surface area contributed by atoms with Crippen LogP contribution in [0.25, 0.3) is 10.9 Å². The second kappa shape index (κ2) is 7.53. The van der Waals surface area contributed by atoms with Crippen LogP contribution in [0.15, 0.2) is 12.3 Å². The van der Waals surface area contributed by atoms with Crippen molar-refractivity contribution in [3.8, 4) is 0 Å². The molecule has 2 N–H and O–H groups in total. The van der Waals surface area contributed by atoms with E-state index in [1.54, 1.807) is 6.20 Å². The highest BCUT2D eigenvalue weighted by atomic mass is 32.2. The molecule has 3 aliphatic rings. The van der Waals surface area contributed by atoms with Crippen molar-refractivity contribution >= 4 is 26.9 Å². The molecule has 0 amide bonds. The number of anilines is 1. The molecule has 174 valence electrons. The SMILES string of the molecule is Cc1cc2cnc(NC3CCN(S(C)(=O)=O)CC3)nc2c(C2CC3(CNCC3(F)F)C2)n1. The van der Waals surface area contributed by atoms with Crippen molar-refractivity contribution in [2.45, 2.75) is 50.5 Å². The van der Waals surface area contributed by atoms with Gasteiger partial charge in [0.1, 0.15) is 0 Å². The first-order valence-corrected chi connectivity index (χ1v) is 12.9. The van der Waals surface area contributed by atoms with Crippen LogP contribution in [0.5, 0.6) is 0 Å². The van der Waals surface area contributed by atoms with E-state index >= 15 is 0 Å². The third kappa shape index (κ3) is 3.73. The van der Waals surface area contributed by atoms with Crippen LogP contribution in [-0.2, 0) is 10.0 Å². The molecule has 0 unspecified atom stereocenters. The normalized spacial score (nSPS) is 28.8. The molecule has 32 heavy (non-hydrogen) atoms. The van der Waals surface area contributed by atoms with Crippen LogP contribution < -0.4 is 10.6 Å². The van der Waals surface area contributed by atoms with Crippen LogP contribution in [0.2, 0.25) is 0 Å². The quantitative estimate of drug-likeness (QED) is 0.713. The Morgan fingerprint density at radius 1 is 1.19 bits per heavy atom. The van der Waals surface area contributed by atoms with Crippen LogP contribution in [0.4, 0.5) is 14.7 Å². The molecular weight excluding hydrogens is 438 g/mol. The van der Waals surface area contributed by atoms with Gasteiger partial charge in [0.05, 0.1) is 24.0 Å². The lowest BCUT2D eigenvalue weighted by molar-refractivity contribution is -0.131. The third-order valence-electron chi connectivity index (χ3n) is 7.22. The number of aryl methyl sites for hydroxylation is 1. The molecule has 1 saturated carbocycles. The zero-order valence-corrected chi connectivity index (χ0v) is 19.1. The Morgan fingerprint density at radius 3 is 2.53 bits per heavy atom. The number of alkyl halides is 2. The fourth-order valence-corrected chi connectivity index (χ4v) is 6.24. The van der Waals surface area contributed by atoms with Gasteiger partial charge in [-0.3, -0.25) is 4.98 Å². The molecule has 0 radical (unpaired) electrons. The summed E-state index contributed by atoms with van der Waals surface area (Å²) in [6, 6.07) is 1.98. The first-order chi connectivity index (χ1) is 15.1. The second-order valence-electron chi connectivity index (χ2n) is 9.55. The maximum absolute atomic E-state index is 14.4. The fraction of sp³-hybridized carbons (Fsp3) is 0.667. The van der Waals surface area contributed by atoms with Gasteiger partial charge in [0, 0.05) is 54.3 Å². The van der Waals surface area contributed by atoms with Gasteiger partial charge in [0.2, 0.25) is 16.0 Å². The van der Waals surface area contributed by atoms with Crippen molar-refractivity contribution in [3.05, 3.63) is 23.7 Å². The van der Waals surface area contributed by atoms with Crippen molar-refractivity contribution in [2.24, 2.45) is 5.41 Å². The Hall–Kier alpha value is -1.98. The highest BCUT2D eigenvalue weighted by Crippen LogP contribution is 2.60. The minimum atomic E-state index is -3.18. The van der Waals surface area contributed by atoms with E-state index in [1.807, 2.05) is 13.0 Å². The number of hydrogen-bond acceptors (Lipinski definition) is 7. The van der Waals surface area contributed by atoms with Gasteiger partial charge in [-0.1, -0.05) is 0 Å². The van der Waals surface area contributed by atoms with Gasteiger partial charge < -0.3 is 10.6 Å². The van der Waals surface area contributed by atoms with Crippen molar-refractivity contribution in [1.29, 1.82) is 0 Å². The molecule has 3 fully saturated rings. The van der Waals surface area contributed by atoms with Gasteiger partial charge in [-0.2, -0.15) is 0 Å². The molecular formula is C21H28F2N6O2S. The van der Waals surface area contributed by atoms with Crippen molar-refractivity contribution in [3.63, 3.8) is 0 Å². The third-order valence-corrected chi connectivity index (χ3v) is 8.53. The Bertz CT molecular complexity index is 1140. The molecule has 0 bridgehead atoms. The lowest BCUT2D eigenvalue weighted by Crippen LogP contribution is -2.49. The minimum absolute atomic E-state index is 0.0519. The number of rotatable bonds is 4. The molecule has 2 saturated heterocycles. The summed E-state index contributed by atoms with van der Waals surface area (Å²) in [6.45, 7) is 2.90. The Morgan fingerprint density at radius 2 is 1.91 bits per heavy atom. The molecule has 2 aliphatic heterocycles. The van der Waals surface area contributed by atoms with Crippen LogP contribution in [0, 0.1) is 12.3 Å². The maximum Gasteiger partial charge on any atom is 0.267 e. The number of halogens is 2. The first kappa shape index (κ1) is 21.8. The lowest BCUT2D eigenvalue weighted by Gasteiger charge is -2.47. The van der Waals surface area contributed by atoms with Crippen LogP contribution in [0.3, 0.4) is 0 Å². The Kier molecular flexibility index (Phi) is 5.14. The van der Waals surface area contributed by atoms with Gasteiger partial charge >= 0.3 is 0 Å². The molecule has 4 heterocycles. The van der Waals surface area contributed by atoms with Gasteiger partial charge in [-0.25, -0.2) is 31.5 Å². The summed E-state index contributed by atoms with van der Waals surface area (Å²) in [6.07, 6.45) is 5.10. The van der Waals surface area contributed by atoms with E-state index in [4.69, 9.17) is 9.97 Å². The first-order valence-electron chi connectivity index (χ1n) is 11.0. The van der Waals surface area contributed by atoms with Gasteiger partial charge in [-0.15, -0.1) is 0 Å². The Labute approximate surface area is 186 Å². The van der Waals surface area contributed by atoms with E-state index in [-0.39, 0.29) is 18.5 Å². The summed E-state index contributed by atoms with van der Waals surface area (Å²) >= 11 is 0. The van der Waals surface area contributed by atoms with E-state index in [9.17, 15) is 17.2 Å². The number of sulfonamides is 1. The summed E-state index contributed by atoms with van der Waals surface area (Å²) in [7, 11) is -3.18. The molecule has 0 aromatic carbocycles. The van der Waals surface area contributed by atoms with Gasteiger partial charge in [0.25, 0.3) is 5.92 Å². The topological polar surface area (TPSA) is 100 Å². The van der Waals surface area contributed by atoms with Gasteiger partial charge in [-0.05, 0) is 38.7 Å². The highest BCUT2D eigenvalue weighted by molar-refractivity contribution is 7.88. The number of hydrogen-bond donors (Lipinski definition) is 2. The van der Waals surface area contributed by atoms with E-state index in [2.05, 4.69) is 15.6 Å². The average molecular weight is 467 g/mol. The Balaban J connectivity index is 1.36. The summed E-state index contributed by atoms with van der Waals surface area (Å²) < 4.78 is 53.7. The molecule has 1 spiro atoms. The van der Waals surface area contributed by atoms with Crippen molar-refractivity contribution in [1.82, 2.24) is 24.6 Å². The van der Waals surface area contributed by atoms with E-state index in [0.717, 1.165) is 16.8 Å². The number of nitrogens with one attached hydrogen (secondary N) is 2. The number of nitrogens with zero attached hydrogens (tertiary/aromatic N) is 4. The molecule has 2 aromatic rings. The second-order valence-corrected chi connectivity index (χ2v) is 11.5. The maximum atomic E-state index is 14.4. The zero-order chi connectivity index (χ0) is 22.7. The lowest BCUT2D eigenvalue weighted by atomic mass is 9.58. The summed E-state index contributed by atoms with van der Waals surface area (Å²) in [5.41, 5.74) is 1.32. The predicted octanol–water partition coefficient (Wildman–Crippen LogP) is 2.27. The molecule has 1 aliphatic carbocycles. The zero-order valence-electron chi connectivity index (χ0n) is 18.2. The molecule has 2 aromatic heterocycles. The van der Waals surface area contributed by atoms with Crippen LogP contribution in [-0.4, -0.2) is 72.1 Å². The monoisotopic (exact) mass is 466 g/mol. The summed E-state index contributed by atoms with van der Waals surface area (Å²) in [4.78, 5) is 13.8. The highest BCUT2D eigenvalue weighted by Gasteiger charge is 2.63. The van der Waals surface area contributed by atoms with E-state index in [0.29, 0.717) is 56.8 Å². The predicted molar refractivity (Wildman–Crippen MR) is 117 cm³/mol. The van der Waals surface area contributed by atoms with Crippen LogP contribution >= 0.6 is 0 Å². The molecule has 11 heteroatoms. The minimum Gasteiger partial charge on any atom is -0.351 e. The summed E-state index contributed by atoms with van der Waals surface area (Å²) in [5, 5.41) is 7.02. The fourth-order valence-electron chi connectivity index (χ4n) is 5.37. The number of piperidine rings is 1.